The van der Waals surface area contributed by atoms with Crippen molar-refractivity contribution in [3.05, 3.63) is 76.1 Å². The molecule has 1 atom stereocenters. The predicted molar refractivity (Wildman–Crippen MR) is 96.6 cm³/mol. The number of H-pyrrole nitrogens is 1. The van der Waals surface area contributed by atoms with Gasteiger partial charge in [0.05, 0.1) is 6.04 Å². The largest absolute Gasteiger partial charge is 0.345 e. The number of aromatic nitrogens is 1. The van der Waals surface area contributed by atoms with Gasteiger partial charge in [0, 0.05) is 16.2 Å². The predicted octanol–water partition coefficient (Wildman–Crippen LogP) is 3.50. The van der Waals surface area contributed by atoms with E-state index in [0.717, 1.165) is 28.6 Å². The number of carbonyl (C=O) groups is 1. The maximum absolute atomic E-state index is 12.6. The topological polar surface area (TPSA) is 62.0 Å². The van der Waals surface area contributed by atoms with Crippen molar-refractivity contribution in [2.45, 2.75) is 17.4 Å². The standard InChI is InChI=1S/C19H16N2O2S/c22-18-14(11-12-5-1-3-7-15(12)20-18)19(23)21-16-9-10-24-17-8-4-2-6-13(16)17/h1-8,11,16H,9-10H2,(H,20,22)(H,21,23). The van der Waals surface area contributed by atoms with E-state index in [0.29, 0.717) is 0 Å². The molecule has 120 valence electrons. The van der Waals surface area contributed by atoms with Crippen LogP contribution in [0.25, 0.3) is 10.9 Å². The zero-order valence-electron chi connectivity index (χ0n) is 12.9. The first-order valence-electron chi connectivity index (χ1n) is 7.87. The molecule has 0 bridgehead atoms. The third-order valence-electron chi connectivity index (χ3n) is 4.26. The summed E-state index contributed by atoms with van der Waals surface area (Å²) in [6, 6.07) is 17.1. The van der Waals surface area contributed by atoms with E-state index in [2.05, 4.69) is 16.4 Å². The van der Waals surface area contributed by atoms with Gasteiger partial charge in [0.2, 0.25) is 0 Å². The fraction of sp³-hybridized carbons (Fsp3) is 0.158. The Balaban J connectivity index is 1.66. The van der Waals surface area contributed by atoms with Gasteiger partial charge in [0.25, 0.3) is 11.5 Å². The van der Waals surface area contributed by atoms with E-state index in [4.69, 9.17) is 0 Å². The summed E-state index contributed by atoms with van der Waals surface area (Å²) in [5.74, 6) is 0.629. The maximum Gasteiger partial charge on any atom is 0.261 e. The van der Waals surface area contributed by atoms with Gasteiger partial charge < -0.3 is 10.3 Å². The van der Waals surface area contributed by atoms with Crippen LogP contribution in [-0.4, -0.2) is 16.6 Å². The number of benzene rings is 2. The average molecular weight is 336 g/mol. The second kappa shape index (κ2) is 6.17. The SMILES string of the molecule is O=C(NC1CCSc2ccccc21)c1cc2ccccc2[nH]c1=O. The van der Waals surface area contributed by atoms with Crippen LogP contribution >= 0.6 is 11.8 Å². The minimum Gasteiger partial charge on any atom is -0.345 e. The number of hydrogen-bond donors (Lipinski definition) is 2. The van der Waals surface area contributed by atoms with Crippen molar-refractivity contribution in [1.29, 1.82) is 0 Å². The molecule has 2 aromatic carbocycles. The lowest BCUT2D eigenvalue weighted by Gasteiger charge is -2.25. The number of pyridine rings is 1. The highest BCUT2D eigenvalue weighted by atomic mass is 32.2. The zero-order valence-corrected chi connectivity index (χ0v) is 13.7. The van der Waals surface area contributed by atoms with E-state index >= 15 is 0 Å². The quantitative estimate of drug-likeness (QED) is 0.753. The van der Waals surface area contributed by atoms with Gasteiger partial charge in [0.15, 0.2) is 0 Å². The van der Waals surface area contributed by atoms with Crippen LogP contribution in [0.1, 0.15) is 28.4 Å². The lowest BCUT2D eigenvalue weighted by atomic mass is 10.0. The number of amides is 1. The van der Waals surface area contributed by atoms with Crippen molar-refractivity contribution in [2.75, 3.05) is 5.75 Å². The van der Waals surface area contributed by atoms with Crippen molar-refractivity contribution in [3.63, 3.8) is 0 Å². The zero-order chi connectivity index (χ0) is 16.5. The third kappa shape index (κ3) is 2.71. The summed E-state index contributed by atoms with van der Waals surface area (Å²) >= 11 is 1.80. The fourth-order valence-corrected chi connectivity index (χ4v) is 4.17. The Morgan fingerprint density at radius 2 is 1.92 bits per heavy atom. The van der Waals surface area contributed by atoms with Crippen LogP contribution in [0.3, 0.4) is 0 Å². The molecule has 0 radical (unpaired) electrons. The molecule has 0 saturated carbocycles. The van der Waals surface area contributed by atoms with E-state index in [1.807, 2.05) is 42.5 Å². The van der Waals surface area contributed by atoms with E-state index in [1.54, 1.807) is 17.8 Å². The number of thioether (sulfide) groups is 1. The van der Waals surface area contributed by atoms with Gasteiger partial charge in [-0.2, -0.15) is 0 Å². The second-order valence-corrected chi connectivity index (χ2v) is 6.94. The van der Waals surface area contributed by atoms with Crippen molar-refractivity contribution in [3.8, 4) is 0 Å². The Kier molecular flexibility index (Phi) is 3.86. The van der Waals surface area contributed by atoms with Crippen LogP contribution in [0.4, 0.5) is 0 Å². The number of carbonyl (C=O) groups excluding carboxylic acids is 1. The molecule has 2 heterocycles. The molecular formula is C19H16N2O2S. The summed E-state index contributed by atoms with van der Waals surface area (Å²) in [6.07, 6.45) is 0.860. The molecule has 5 heteroatoms. The number of para-hydroxylation sites is 1. The molecule has 24 heavy (non-hydrogen) atoms. The molecular weight excluding hydrogens is 320 g/mol. The van der Waals surface area contributed by atoms with Crippen molar-refractivity contribution in [2.24, 2.45) is 0 Å². The molecule has 1 aliphatic rings. The summed E-state index contributed by atoms with van der Waals surface area (Å²) in [4.78, 5) is 28.9. The second-order valence-electron chi connectivity index (χ2n) is 5.80. The number of aromatic amines is 1. The number of nitrogens with one attached hydrogen (secondary N) is 2. The summed E-state index contributed by atoms with van der Waals surface area (Å²) in [5.41, 5.74) is 1.66. The van der Waals surface area contributed by atoms with Crippen LogP contribution in [0.15, 0.2) is 64.3 Å². The molecule has 1 aromatic heterocycles. The summed E-state index contributed by atoms with van der Waals surface area (Å²) in [5, 5.41) is 3.87. The molecule has 4 rings (SSSR count). The first-order valence-corrected chi connectivity index (χ1v) is 8.85. The monoisotopic (exact) mass is 336 g/mol. The van der Waals surface area contributed by atoms with Crippen LogP contribution in [0.5, 0.6) is 0 Å². The third-order valence-corrected chi connectivity index (χ3v) is 5.38. The summed E-state index contributed by atoms with van der Waals surface area (Å²) < 4.78 is 0. The van der Waals surface area contributed by atoms with Crippen molar-refractivity contribution in [1.82, 2.24) is 10.3 Å². The minimum atomic E-state index is -0.357. The van der Waals surface area contributed by atoms with Crippen LogP contribution in [0, 0.1) is 0 Å². The van der Waals surface area contributed by atoms with Gasteiger partial charge in [0.1, 0.15) is 5.56 Å². The summed E-state index contributed by atoms with van der Waals surface area (Å²) in [7, 11) is 0. The Morgan fingerprint density at radius 1 is 1.12 bits per heavy atom. The molecule has 3 aromatic rings. The van der Waals surface area contributed by atoms with Crippen LogP contribution < -0.4 is 10.9 Å². The number of hydrogen-bond acceptors (Lipinski definition) is 3. The Labute approximate surface area is 143 Å². The van der Waals surface area contributed by atoms with E-state index in [9.17, 15) is 9.59 Å². The average Bonchev–Trinajstić information content (AvgIpc) is 2.61. The van der Waals surface area contributed by atoms with Gasteiger partial charge in [-0.3, -0.25) is 9.59 Å². The van der Waals surface area contributed by atoms with E-state index in [1.165, 1.54) is 4.90 Å². The lowest BCUT2D eigenvalue weighted by molar-refractivity contribution is 0.0933. The highest BCUT2D eigenvalue weighted by Gasteiger charge is 2.23. The molecule has 0 aliphatic carbocycles. The van der Waals surface area contributed by atoms with Gasteiger partial charge in [-0.1, -0.05) is 36.4 Å². The fourth-order valence-electron chi connectivity index (χ4n) is 3.04. The molecule has 1 amide bonds. The minimum absolute atomic E-state index is 0.0548. The number of fused-ring (bicyclic) bond motifs is 2. The maximum atomic E-state index is 12.6. The van der Waals surface area contributed by atoms with Gasteiger partial charge in [-0.25, -0.2) is 0 Å². The molecule has 0 fully saturated rings. The smallest absolute Gasteiger partial charge is 0.261 e. The normalized spacial score (nSPS) is 16.6. The summed E-state index contributed by atoms with van der Waals surface area (Å²) in [6.45, 7) is 0. The number of rotatable bonds is 2. The first-order chi connectivity index (χ1) is 11.7. The molecule has 0 saturated heterocycles. The Morgan fingerprint density at radius 3 is 2.83 bits per heavy atom. The molecule has 2 N–H and O–H groups in total. The molecule has 4 nitrogen and oxygen atoms in total. The van der Waals surface area contributed by atoms with E-state index < -0.39 is 0 Å². The molecule has 0 spiro atoms. The molecule has 1 unspecified atom stereocenters. The van der Waals surface area contributed by atoms with E-state index in [-0.39, 0.29) is 23.1 Å². The highest BCUT2D eigenvalue weighted by Crippen LogP contribution is 2.35. The lowest BCUT2D eigenvalue weighted by Crippen LogP contribution is -2.34. The van der Waals surface area contributed by atoms with Gasteiger partial charge >= 0.3 is 0 Å². The van der Waals surface area contributed by atoms with Crippen LogP contribution in [-0.2, 0) is 0 Å². The highest BCUT2D eigenvalue weighted by molar-refractivity contribution is 7.99. The van der Waals surface area contributed by atoms with Crippen molar-refractivity contribution < 1.29 is 4.79 Å². The van der Waals surface area contributed by atoms with Gasteiger partial charge in [-0.15, -0.1) is 11.8 Å². The molecule has 1 aliphatic heterocycles. The van der Waals surface area contributed by atoms with Crippen LogP contribution in [0.2, 0.25) is 0 Å². The first kappa shape index (κ1) is 15.0. The Hall–Kier alpha value is -2.53. The Bertz CT molecular complexity index is 980. The van der Waals surface area contributed by atoms with Crippen molar-refractivity contribution >= 4 is 28.6 Å². The van der Waals surface area contributed by atoms with Gasteiger partial charge in [-0.05, 0) is 35.6 Å².